The fraction of sp³-hybridized carbons (Fsp3) is 0.429. The van der Waals surface area contributed by atoms with Gasteiger partial charge in [0.05, 0.1) is 11.5 Å². The Kier molecular flexibility index (Phi) is 8.50. The first kappa shape index (κ1) is 21.9. The van der Waals surface area contributed by atoms with E-state index < -0.39 is 11.4 Å². The summed E-state index contributed by atoms with van der Waals surface area (Å²) in [7, 11) is 0. The van der Waals surface area contributed by atoms with Gasteiger partial charge in [-0.15, -0.1) is 11.3 Å². The van der Waals surface area contributed by atoms with E-state index >= 15 is 0 Å². The van der Waals surface area contributed by atoms with Gasteiger partial charge in [0, 0.05) is 17.3 Å². The van der Waals surface area contributed by atoms with E-state index in [0.717, 1.165) is 4.88 Å². The van der Waals surface area contributed by atoms with Crippen molar-refractivity contribution in [3.05, 3.63) is 57.8 Å². The number of carboxylic acid groups (broad SMARTS) is 1. The molecule has 0 aliphatic rings. The lowest BCUT2D eigenvalue weighted by Crippen LogP contribution is -2.30. The van der Waals surface area contributed by atoms with Crippen LogP contribution < -0.4 is 5.73 Å². The zero-order chi connectivity index (χ0) is 19.7. The molecule has 26 heavy (non-hydrogen) atoms. The summed E-state index contributed by atoms with van der Waals surface area (Å²) in [6.07, 6.45) is 0.403. The van der Waals surface area contributed by atoms with Gasteiger partial charge in [0.25, 0.3) is 0 Å². The van der Waals surface area contributed by atoms with Gasteiger partial charge >= 0.3 is 5.97 Å². The predicted molar refractivity (Wildman–Crippen MR) is 107 cm³/mol. The first-order chi connectivity index (χ1) is 12.2. The molecule has 0 saturated heterocycles. The van der Waals surface area contributed by atoms with Crippen molar-refractivity contribution in [2.45, 2.75) is 52.0 Å². The molecule has 1 aromatic carbocycles. The number of nitrogens with zero attached hydrogens (tertiary/aromatic N) is 1. The molecule has 140 valence electrons. The third-order valence-electron chi connectivity index (χ3n) is 4.48. The lowest BCUT2D eigenvalue weighted by atomic mass is 9.74. The van der Waals surface area contributed by atoms with Crippen LogP contribution in [-0.2, 0) is 10.2 Å². The Balaban J connectivity index is 0.000000289. The van der Waals surface area contributed by atoms with Gasteiger partial charge in [-0.2, -0.15) is 5.26 Å². The highest BCUT2D eigenvalue weighted by Gasteiger charge is 2.37. The molecule has 5 heteroatoms. The number of rotatable bonds is 6. The third kappa shape index (κ3) is 5.98. The Bertz CT molecular complexity index is 715. The van der Waals surface area contributed by atoms with E-state index in [2.05, 4.69) is 37.3 Å². The molecule has 1 aromatic heterocycles. The van der Waals surface area contributed by atoms with E-state index in [1.807, 2.05) is 38.3 Å². The van der Waals surface area contributed by atoms with Crippen molar-refractivity contribution in [1.29, 1.82) is 5.26 Å². The molecule has 0 amide bonds. The average Bonchev–Trinajstić information content (AvgIpc) is 3.11. The van der Waals surface area contributed by atoms with Crippen molar-refractivity contribution in [3.8, 4) is 6.07 Å². The Hall–Kier alpha value is -2.16. The number of carboxylic acids is 1. The van der Waals surface area contributed by atoms with Crippen LogP contribution in [0.15, 0.2) is 41.8 Å². The average molecular weight is 373 g/mol. The molecule has 0 aliphatic heterocycles. The van der Waals surface area contributed by atoms with Gasteiger partial charge in [0.1, 0.15) is 0 Å². The lowest BCUT2D eigenvalue weighted by molar-refractivity contribution is -0.137. The minimum Gasteiger partial charge on any atom is -0.481 e. The Morgan fingerprint density at radius 3 is 2.27 bits per heavy atom. The monoisotopic (exact) mass is 372 g/mol. The number of carbonyl (C=O) groups is 1. The molecule has 0 bridgehead atoms. The molecule has 2 atom stereocenters. The van der Waals surface area contributed by atoms with Gasteiger partial charge in [0.2, 0.25) is 0 Å². The van der Waals surface area contributed by atoms with Crippen molar-refractivity contribution < 1.29 is 9.90 Å². The van der Waals surface area contributed by atoms with Crippen LogP contribution in [0.4, 0.5) is 0 Å². The van der Waals surface area contributed by atoms with Crippen LogP contribution in [0.25, 0.3) is 0 Å². The van der Waals surface area contributed by atoms with E-state index in [-0.39, 0.29) is 18.4 Å². The van der Waals surface area contributed by atoms with E-state index in [1.54, 1.807) is 0 Å². The maximum atomic E-state index is 10.6. The fourth-order valence-corrected chi connectivity index (χ4v) is 3.70. The van der Waals surface area contributed by atoms with Gasteiger partial charge < -0.3 is 10.8 Å². The number of thiophene rings is 1. The summed E-state index contributed by atoms with van der Waals surface area (Å²) >= 11 is 1.52. The van der Waals surface area contributed by atoms with Gasteiger partial charge in [-0.25, -0.2) is 0 Å². The zero-order valence-corrected chi connectivity index (χ0v) is 16.7. The molecule has 0 radical (unpaired) electrons. The predicted octanol–water partition coefficient (Wildman–Crippen LogP) is 5.05. The molecule has 3 N–H and O–H groups in total. The minimum atomic E-state index is -0.850. The van der Waals surface area contributed by atoms with Gasteiger partial charge in [0.15, 0.2) is 0 Å². The molecule has 0 spiro atoms. The largest absolute Gasteiger partial charge is 0.481 e. The maximum Gasteiger partial charge on any atom is 0.303 e. The zero-order valence-electron chi connectivity index (χ0n) is 15.9. The van der Waals surface area contributed by atoms with Gasteiger partial charge in [-0.3, -0.25) is 4.79 Å². The van der Waals surface area contributed by atoms with Crippen LogP contribution in [0.5, 0.6) is 0 Å². The number of nitriles is 1. The van der Waals surface area contributed by atoms with Crippen molar-refractivity contribution in [1.82, 2.24) is 0 Å². The minimum absolute atomic E-state index is 0.0314. The summed E-state index contributed by atoms with van der Waals surface area (Å²) in [5, 5.41) is 20.1. The fourth-order valence-electron chi connectivity index (χ4n) is 2.64. The molecule has 0 saturated carbocycles. The summed E-state index contributed by atoms with van der Waals surface area (Å²) in [5.41, 5.74) is 7.49. The van der Waals surface area contributed by atoms with Crippen molar-refractivity contribution in [2.24, 2.45) is 11.7 Å². The highest BCUT2D eigenvalue weighted by molar-refractivity contribution is 7.10. The Labute approximate surface area is 160 Å². The van der Waals surface area contributed by atoms with Crippen molar-refractivity contribution in [2.75, 3.05) is 0 Å². The molecule has 0 aliphatic carbocycles. The summed E-state index contributed by atoms with van der Waals surface area (Å²) in [6.45, 7) is 7.99. The highest BCUT2D eigenvalue weighted by Crippen LogP contribution is 2.38. The number of hydrogen-bond donors (Lipinski definition) is 2. The number of benzene rings is 1. The van der Waals surface area contributed by atoms with Gasteiger partial charge in [-0.1, -0.05) is 49.7 Å². The van der Waals surface area contributed by atoms with Gasteiger partial charge in [-0.05, 0) is 43.2 Å². The lowest BCUT2D eigenvalue weighted by Gasteiger charge is -2.29. The van der Waals surface area contributed by atoms with Crippen LogP contribution in [0.1, 0.15) is 55.7 Å². The second kappa shape index (κ2) is 10.1. The summed E-state index contributed by atoms with van der Waals surface area (Å²) in [6, 6.07) is 14.6. The maximum absolute atomic E-state index is 10.6. The van der Waals surface area contributed by atoms with Crippen LogP contribution in [-0.4, -0.2) is 11.1 Å². The quantitative estimate of drug-likeness (QED) is 0.743. The second-order valence-electron chi connectivity index (χ2n) is 6.81. The number of nitrogens with two attached hydrogens (primary N) is 1. The summed E-state index contributed by atoms with van der Waals surface area (Å²) in [4.78, 5) is 11.6. The normalized spacial score (nSPS) is 13.9. The summed E-state index contributed by atoms with van der Waals surface area (Å²) < 4.78 is 0. The number of hydrogen-bond acceptors (Lipinski definition) is 4. The first-order valence-electron chi connectivity index (χ1n) is 8.72. The number of aliphatic carboxylic acids is 1. The second-order valence-corrected chi connectivity index (χ2v) is 7.76. The molecule has 0 fully saturated rings. The number of aryl methyl sites for hydroxylation is 1. The first-order valence-corrected chi connectivity index (χ1v) is 9.60. The third-order valence-corrected chi connectivity index (χ3v) is 5.53. The van der Waals surface area contributed by atoms with Crippen LogP contribution in [0.3, 0.4) is 0 Å². The molecule has 2 rings (SSSR count). The van der Waals surface area contributed by atoms with Crippen LogP contribution in [0, 0.1) is 24.2 Å². The van der Waals surface area contributed by atoms with E-state index in [9.17, 15) is 10.1 Å². The van der Waals surface area contributed by atoms with Crippen LogP contribution in [0.2, 0.25) is 0 Å². The van der Waals surface area contributed by atoms with Crippen molar-refractivity contribution in [3.63, 3.8) is 0 Å². The Morgan fingerprint density at radius 2 is 1.88 bits per heavy atom. The summed E-state index contributed by atoms with van der Waals surface area (Å²) in [5.74, 6) is -0.743. The molecular weight excluding hydrogens is 344 g/mol. The topological polar surface area (TPSA) is 87.1 Å². The molecule has 2 aromatic rings. The molecular formula is C21H28N2O2S. The van der Waals surface area contributed by atoms with E-state index in [1.165, 1.54) is 22.5 Å². The van der Waals surface area contributed by atoms with Crippen molar-refractivity contribution >= 4 is 17.3 Å². The Morgan fingerprint density at radius 1 is 1.27 bits per heavy atom. The van der Waals surface area contributed by atoms with E-state index in [4.69, 9.17) is 10.8 Å². The SMILES string of the molecule is CC(C)[C@](C#N)(CCC(=O)O)c1cccs1.Cc1ccc(C(C)N)cc1. The highest BCUT2D eigenvalue weighted by atomic mass is 32.1. The van der Waals surface area contributed by atoms with Crippen LogP contribution >= 0.6 is 11.3 Å². The molecule has 4 nitrogen and oxygen atoms in total. The van der Waals surface area contributed by atoms with E-state index in [0.29, 0.717) is 6.42 Å². The smallest absolute Gasteiger partial charge is 0.303 e. The molecule has 1 heterocycles. The molecule has 1 unspecified atom stereocenters. The standard InChI is InChI=1S/C12H15NO2S.C9H13N/c1-9(2)12(8-13,6-5-11(14)15)10-4-3-7-16-10;1-7-3-5-9(6-4-7)8(2)10/h3-4,7,9H,5-6H2,1-2H3,(H,14,15);3-6,8H,10H2,1-2H3/t12-;/m1./s1.